The van der Waals surface area contributed by atoms with Crippen molar-refractivity contribution in [3.8, 4) is 17.0 Å². The minimum Gasteiger partial charge on any atom is -0.497 e. The maximum atomic E-state index is 13.1. The van der Waals surface area contributed by atoms with E-state index in [0.717, 1.165) is 73.8 Å². The normalized spacial score (nSPS) is 19.9. The van der Waals surface area contributed by atoms with E-state index in [1.807, 2.05) is 12.3 Å². The van der Waals surface area contributed by atoms with Crippen LogP contribution >= 0.6 is 0 Å². The molecule has 6 nitrogen and oxygen atoms in total. The van der Waals surface area contributed by atoms with Crippen LogP contribution in [-0.2, 0) is 24.3 Å². The lowest BCUT2D eigenvalue weighted by atomic mass is 10.0. The summed E-state index contributed by atoms with van der Waals surface area (Å²) in [6, 6.07) is 17.0. The Morgan fingerprint density at radius 3 is 2.60 bits per heavy atom. The minimum atomic E-state index is 0.0214. The molecule has 35 heavy (non-hydrogen) atoms. The summed E-state index contributed by atoms with van der Waals surface area (Å²) in [6.07, 6.45) is 6.03. The molecule has 3 aliphatic heterocycles. The van der Waals surface area contributed by atoms with Crippen molar-refractivity contribution in [2.24, 2.45) is 0 Å². The summed E-state index contributed by atoms with van der Waals surface area (Å²) in [5.74, 6) is 1.99. The number of nitrogens with zero attached hydrogens (tertiary/aromatic N) is 4. The molecule has 0 aliphatic carbocycles. The fraction of sp³-hybridized carbons (Fsp3) is 0.414. The molecule has 182 valence electrons. The third-order valence-electron chi connectivity index (χ3n) is 7.12. The number of methoxy groups -OCH3 is 1. The van der Waals surface area contributed by atoms with Crippen molar-refractivity contribution in [2.45, 2.75) is 51.2 Å². The van der Waals surface area contributed by atoms with Gasteiger partial charge in [0.25, 0.3) is 0 Å². The van der Waals surface area contributed by atoms with Crippen LogP contribution in [0, 0.1) is 0 Å². The number of carbonyl (C=O) groups is 1. The van der Waals surface area contributed by atoms with Crippen LogP contribution in [0.15, 0.2) is 54.7 Å². The first-order valence-corrected chi connectivity index (χ1v) is 12.6. The van der Waals surface area contributed by atoms with Gasteiger partial charge in [0.2, 0.25) is 0 Å². The molecule has 1 aromatic heterocycles. The number of ether oxygens (including phenoxy) is 1. The smallest absolute Gasteiger partial charge is 0.150 e. The first-order valence-electron chi connectivity index (χ1n) is 12.6. The maximum Gasteiger partial charge on any atom is 0.150 e. The summed E-state index contributed by atoms with van der Waals surface area (Å²) in [5.41, 5.74) is 5.57. The Bertz CT molecular complexity index is 1180. The highest BCUT2D eigenvalue weighted by atomic mass is 16.5. The van der Waals surface area contributed by atoms with E-state index in [1.165, 1.54) is 11.1 Å². The van der Waals surface area contributed by atoms with Crippen molar-refractivity contribution >= 4 is 5.78 Å². The zero-order chi connectivity index (χ0) is 24.2. The second kappa shape index (κ2) is 10.7. The first-order chi connectivity index (χ1) is 17.1. The predicted molar refractivity (Wildman–Crippen MR) is 137 cm³/mol. The quantitative estimate of drug-likeness (QED) is 0.522. The fourth-order valence-corrected chi connectivity index (χ4v) is 5.34. The third kappa shape index (κ3) is 5.77. The zero-order valence-electron chi connectivity index (χ0n) is 20.7. The topological polar surface area (TPSA) is 58.6 Å². The standard InChI is InChI=1S/C29H34N4O2/c1-32-13-4-6-28(34)27-5-3-14-33(27)20-23-15-22(16-25(17-23)35-2)18-29-30-12-11-26(31-29)24-9-7-21(19-32)8-10-24/h7-12,15-17,27H,3-6,13-14,18-20H2,1-2H3/t27-/m1/s1. The Hall–Kier alpha value is -3.09. The van der Waals surface area contributed by atoms with Crippen LogP contribution in [-0.4, -0.2) is 58.8 Å². The molecule has 0 radical (unpaired) electrons. The largest absolute Gasteiger partial charge is 0.497 e. The number of hydrogen-bond acceptors (Lipinski definition) is 6. The Labute approximate surface area is 208 Å². The second-order valence-electron chi connectivity index (χ2n) is 9.86. The van der Waals surface area contributed by atoms with Crippen LogP contribution in [0.3, 0.4) is 0 Å². The average Bonchev–Trinajstić information content (AvgIpc) is 3.32. The van der Waals surface area contributed by atoms with Gasteiger partial charge in [-0.25, -0.2) is 9.97 Å². The Morgan fingerprint density at radius 2 is 1.77 bits per heavy atom. The molecular weight excluding hydrogens is 436 g/mol. The van der Waals surface area contributed by atoms with Crippen molar-refractivity contribution in [3.05, 3.63) is 77.2 Å². The van der Waals surface area contributed by atoms with Gasteiger partial charge in [0.15, 0.2) is 0 Å². The second-order valence-corrected chi connectivity index (χ2v) is 9.86. The maximum absolute atomic E-state index is 13.1. The molecule has 1 fully saturated rings. The Kier molecular flexibility index (Phi) is 7.21. The van der Waals surface area contributed by atoms with Crippen molar-refractivity contribution in [1.29, 1.82) is 0 Å². The van der Waals surface area contributed by atoms with Crippen LogP contribution < -0.4 is 4.74 Å². The molecule has 0 N–H and O–H groups in total. The highest BCUT2D eigenvalue weighted by molar-refractivity contribution is 5.84. The minimum absolute atomic E-state index is 0.0214. The van der Waals surface area contributed by atoms with Crippen LogP contribution in [0.25, 0.3) is 11.3 Å². The molecule has 0 amide bonds. The van der Waals surface area contributed by atoms with E-state index in [2.05, 4.69) is 64.3 Å². The molecule has 3 aliphatic rings. The van der Waals surface area contributed by atoms with Crippen molar-refractivity contribution in [3.63, 3.8) is 0 Å². The number of ketones is 1. The molecule has 2 aromatic carbocycles. The number of benzene rings is 2. The third-order valence-corrected chi connectivity index (χ3v) is 7.12. The molecule has 4 heterocycles. The van der Waals surface area contributed by atoms with Crippen molar-refractivity contribution < 1.29 is 9.53 Å². The van der Waals surface area contributed by atoms with Gasteiger partial charge in [-0.15, -0.1) is 0 Å². The van der Waals surface area contributed by atoms with Gasteiger partial charge in [-0.1, -0.05) is 30.3 Å². The Morgan fingerprint density at radius 1 is 0.943 bits per heavy atom. The van der Waals surface area contributed by atoms with Gasteiger partial charge in [-0.2, -0.15) is 0 Å². The van der Waals surface area contributed by atoms with Crippen molar-refractivity contribution in [2.75, 3.05) is 27.2 Å². The van der Waals surface area contributed by atoms with E-state index >= 15 is 0 Å². The van der Waals surface area contributed by atoms with Gasteiger partial charge in [0.05, 0.1) is 18.8 Å². The monoisotopic (exact) mass is 470 g/mol. The predicted octanol–water partition coefficient (Wildman–Crippen LogP) is 4.50. The molecule has 3 aromatic rings. The molecule has 1 saturated heterocycles. The number of aromatic nitrogens is 2. The summed E-state index contributed by atoms with van der Waals surface area (Å²) in [6.45, 7) is 3.50. The van der Waals surface area contributed by atoms with E-state index < -0.39 is 0 Å². The van der Waals surface area contributed by atoms with Crippen LogP contribution in [0.5, 0.6) is 5.75 Å². The zero-order valence-corrected chi connectivity index (χ0v) is 20.7. The lowest BCUT2D eigenvalue weighted by Gasteiger charge is -2.24. The number of carbonyl (C=O) groups excluding carboxylic acids is 1. The molecule has 6 rings (SSSR count). The highest BCUT2D eigenvalue weighted by Gasteiger charge is 2.30. The number of hydrogen-bond donors (Lipinski definition) is 0. The van der Waals surface area contributed by atoms with E-state index in [-0.39, 0.29) is 6.04 Å². The van der Waals surface area contributed by atoms with Crippen LogP contribution in [0.2, 0.25) is 0 Å². The highest BCUT2D eigenvalue weighted by Crippen LogP contribution is 2.26. The van der Waals surface area contributed by atoms with E-state index in [9.17, 15) is 4.79 Å². The lowest BCUT2D eigenvalue weighted by molar-refractivity contribution is -0.123. The van der Waals surface area contributed by atoms with Crippen molar-refractivity contribution in [1.82, 2.24) is 19.8 Å². The van der Waals surface area contributed by atoms with Gasteiger partial charge < -0.3 is 9.64 Å². The van der Waals surface area contributed by atoms with E-state index in [4.69, 9.17) is 9.72 Å². The van der Waals surface area contributed by atoms with E-state index in [1.54, 1.807) is 7.11 Å². The molecule has 6 bridgehead atoms. The van der Waals surface area contributed by atoms with Gasteiger partial charge in [-0.05, 0) is 74.3 Å². The van der Waals surface area contributed by atoms with Crippen LogP contribution in [0.1, 0.15) is 48.2 Å². The van der Waals surface area contributed by atoms with Crippen LogP contribution in [0.4, 0.5) is 0 Å². The fourth-order valence-electron chi connectivity index (χ4n) is 5.34. The molecule has 6 heteroatoms. The van der Waals surface area contributed by atoms with Gasteiger partial charge in [-0.3, -0.25) is 9.69 Å². The van der Waals surface area contributed by atoms with Gasteiger partial charge in [0, 0.05) is 37.7 Å². The summed E-state index contributed by atoms with van der Waals surface area (Å²) >= 11 is 0. The molecular formula is C29H34N4O2. The number of Topliss-reactive ketones (excluding diaryl/α,β-unsaturated/α-hetero) is 1. The number of fused-ring (bicyclic) bond motifs is 7. The SMILES string of the molecule is COc1cc2cc(c1)CN1CCC[C@@H]1C(=O)CCCN(C)Cc1ccc(cc1)-c1ccnc(n1)C2. The average molecular weight is 471 g/mol. The summed E-state index contributed by atoms with van der Waals surface area (Å²) in [4.78, 5) is 27.2. The lowest BCUT2D eigenvalue weighted by Crippen LogP contribution is -2.36. The number of rotatable bonds is 1. The first kappa shape index (κ1) is 23.6. The summed E-state index contributed by atoms with van der Waals surface area (Å²) in [5, 5.41) is 0. The van der Waals surface area contributed by atoms with E-state index in [0.29, 0.717) is 18.6 Å². The molecule has 1 atom stereocenters. The summed E-state index contributed by atoms with van der Waals surface area (Å²) < 4.78 is 5.61. The molecule has 0 spiro atoms. The molecule has 0 unspecified atom stereocenters. The van der Waals surface area contributed by atoms with Gasteiger partial charge >= 0.3 is 0 Å². The molecule has 0 saturated carbocycles. The summed E-state index contributed by atoms with van der Waals surface area (Å²) in [7, 11) is 3.83. The Balaban J connectivity index is 1.48. The van der Waals surface area contributed by atoms with Gasteiger partial charge in [0.1, 0.15) is 17.4 Å².